The van der Waals surface area contributed by atoms with Crippen molar-refractivity contribution in [2.45, 2.75) is 25.3 Å². The van der Waals surface area contributed by atoms with Gasteiger partial charge in [0.15, 0.2) is 0 Å². The van der Waals surface area contributed by atoms with Gasteiger partial charge in [-0.2, -0.15) is 0 Å². The Kier molecular flexibility index (Phi) is 4.42. The van der Waals surface area contributed by atoms with Crippen molar-refractivity contribution in [1.29, 1.82) is 0 Å². The van der Waals surface area contributed by atoms with Crippen molar-refractivity contribution in [2.75, 3.05) is 23.7 Å². The second kappa shape index (κ2) is 5.88. The normalized spacial score (nSPS) is 20.2. The lowest BCUT2D eigenvalue weighted by Gasteiger charge is -2.26. The topological polar surface area (TPSA) is 49.4 Å². The molecule has 0 bridgehead atoms. The molecule has 6 heteroatoms. The molecule has 0 amide bonds. The monoisotopic (exact) mass is 286 g/mol. The number of anilines is 1. The predicted octanol–water partition coefficient (Wildman–Crippen LogP) is 1.73. The summed E-state index contributed by atoms with van der Waals surface area (Å²) in [5.41, 5.74) is 0.0957. The van der Waals surface area contributed by atoms with Crippen LogP contribution < -0.4 is 9.62 Å². The smallest absolute Gasteiger partial charge is 0.236 e. The Hall–Kier alpha value is -1.14. The summed E-state index contributed by atoms with van der Waals surface area (Å²) < 4.78 is 39.2. The highest BCUT2D eigenvalue weighted by molar-refractivity contribution is 7.92. The van der Waals surface area contributed by atoms with Crippen LogP contribution in [0.5, 0.6) is 0 Å². The maximum atomic E-state index is 13.6. The van der Waals surface area contributed by atoms with E-state index in [2.05, 4.69) is 5.32 Å². The number of sulfonamides is 1. The molecule has 1 atom stereocenters. The quantitative estimate of drug-likeness (QED) is 0.917. The van der Waals surface area contributed by atoms with E-state index in [-0.39, 0.29) is 17.5 Å². The minimum Gasteiger partial charge on any atom is -0.313 e. The molecule has 1 unspecified atom stereocenters. The van der Waals surface area contributed by atoms with E-state index in [1.807, 2.05) is 0 Å². The SMILES string of the molecule is CN(c1ccccc1F)S(=O)(=O)CC1CCCCN1. The molecule has 1 fully saturated rings. The first-order valence-corrected chi connectivity index (χ1v) is 8.06. The summed E-state index contributed by atoms with van der Waals surface area (Å²) >= 11 is 0. The highest BCUT2D eigenvalue weighted by atomic mass is 32.2. The van der Waals surface area contributed by atoms with E-state index in [1.165, 1.54) is 19.2 Å². The van der Waals surface area contributed by atoms with Gasteiger partial charge in [0, 0.05) is 13.1 Å². The molecule has 2 rings (SSSR count). The molecule has 1 aromatic carbocycles. The average Bonchev–Trinajstić information content (AvgIpc) is 2.39. The Morgan fingerprint density at radius 2 is 2.11 bits per heavy atom. The van der Waals surface area contributed by atoms with E-state index >= 15 is 0 Å². The lowest BCUT2D eigenvalue weighted by molar-refractivity contribution is 0.423. The number of piperidine rings is 1. The summed E-state index contributed by atoms with van der Waals surface area (Å²) in [6.45, 7) is 0.851. The summed E-state index contributed by atoms with van der Waals surface area (Å²) in [6.07, 6.45) is 2.97. The van der Waals surface area contributed by atoms with E-state index in [0.29, 0.717) is 0 Å². The lowest BCUT2D eigenvalue weighted by atomic mass is 10.1. The Balaban J connectivity index is 2.12. The fourth-order valence-electron chi connectivity index (χ4n) is 2.29. The van der Waals surface area contributed by atoms with Gasteiger partial charge in [-0.15, -0.1) is 0 Å². The maximum Gasteiger partial charge on any atom is 0.236 e. The Morgan fingerprint density at radius 3 is 2.74 bits per heavy atom. The number of nitrogens with one attached hydrogen (secondary N) is 1. The van der Waals surface area contributed by atoms with Crippen molar-refractivity contribution < 1.29 is 12.8 Å². The molecule has 0 spiro atoms. The van der Waals surface area contributed by atoms with Crippen LogP contribution in [0.1, 0.15) is 19.3 Å². The number of hydrogen-bond donors (Lipinski definition) is 1. The summed E-state index contributed by atoms with van der Waals surface area (Å²) in [6, 6.07) is 5.88. The van der Waals surface area contributed by atoms with Gasteiger partial charge in [-0.25, -0.2) is 12.8 Å². The molecule has 0 radical (unpaired) electrons. The number of hydrogen-bond acceptors (Lipinski definition) is 3. The van der Waals surface area contributed by atoms with Crippen LogP contribution in [0.2, 0.25) is 0 Å². The molecule has 0 saturated carbocycles. The van der Waals surface area contributed by atoms with E-state index in [1.54, 1.807) is 12.1 Å². The van der Waals surface area contributed by atoms with Gasteiger partial charge in [0.2, 0.25) is 10.0 Å². The van der Waals surface area contributed by atoms with Gasteiger partial charge >= 0.3 is 0 Å². The van der Waals surface area contributed by atoms with Crippen LogP contribution in [-0.2, 0) is 10.0 Å². The molecule has 19 heavy (non-hydrogen) atoms. The summed E-state index contributed by atoms with van der Waals surface area (Å²) in [5, 5.41) is 3.20. The molecule has 4 nitrogen and oxygen atoms in total. The van der Waals surface area contributed by atoms with Gasteiger partial charge < -0.3 is 5.32 Å². The van der Waals surface area contributed by atoms with Gasteiger partial charge in [0.05, 0.1) is 11.4 Å². The van der Waals surface area contributed by atoms with Crippen LogP contribution in [0.25, 0.3) is 0 Å². The molecule has 1 aromatic rings. The second-order valence-electron chi connectivity index (χ2n) is 4.84. The molecular weight excluding hydrogens is 267 g/mol. The first kappa shape index (κ1) is 14.3. The average molecular weight is 286 g/mol. The summed E-state index contributed by atoms with van der Waals surface area (Å²) in [4.78, 5) is 0. The van der Waals surface area contributed by atoms with Gasteiger partial charge in [-0.1, -0.05) is 18.6 Å². The van der Waals surface area contributed by atoms with Crippen LogP contribution >= 0.6 is 0 Å². The van der Waals surface area contributed by atoms with Crippen LogP contribution in [0, 0.1) is 5.82 Å². The molecule has 1 aliphatic rings. The van der Waals surface area contributed by atoms with Crippen molar-refractivity contribution in [3.8, 4) is 0 Å². The van der Waals surface area contributed by atoms with E-state index in [4.69, 9.17) is 0 Å². The summed E-state index contributed by atoms with van der Waals surface area (Å²) in [5.74, 6) is -0.511. The van der Waals surface area contributed by atoms with E-state index in [0.717, 1.165) is 30.1 Å². The van der Waals surface area contributed by atoms with Crippen LogP contribution in [0.4, 0.5) is 10.1 Å². The fraction of sp³-hybridized carbons (Fsp3) is 0.538. The van der Waals surface area contributed by atoms with Crippen LogP contribution in [-0.4, -0.2) is 33.8 Å². The molecule has 1 N–H and O–H groups in total. The fourth-order valence-corrected chi connectivity index (χ4v) is 3.75. The first-order valence-electron chi connectivity index (χ1n) is 6.45. The Morgan fingerprint density at radius 1 is 1.37 bits per heavy atom. The molecule has 1 saturated heterocycles. The number of benzene rings is 1. The molecular formula is C13H19FN2O2S. The van der Waals surface area contributed by atoms with E-state index in [9.17, 15) is 12.8 Å². The molecule has 1 aliphatic heterocycles. The van der Waals surface area contributed by atoms with Gasteiger partial charge in [0.1, 0.15) is 5.82 Å². The summed E-state index contributed by atoms with van der Waals surface area (Å²) in [7, 11) is -2.11. The van der Waals surface area contributed by atoms with Crippen molar-refractivity contribution in [2.24, 2.45) is 0 Å². The maximum absolute atomic E-state index is 13.6. The number of rotatable bonds is 4. The third-order valence-electron chi connectivity index (χ3n) is 3.43. The van der Waals surface area contributed by atoms with E-state index < -0.39 is 15.8 Å². The zero-order valence-electron chi connectivity index (χ0n) is 11.0. The Labute approximate surface area is 113 Å². The Bertz CT molecular complexity index is 527. The van der Waals surface area contributed by atoms with Crippen LogP contribution in [0.3, 0.4) is 0 Å². The zero-order chi connectivity index (χ0) is 13.9. The van der Waals surface area contributed by atoms with Crippen LogP contribution in [0.15, 0.2) is 24.3 Å². The van der Waals surface area contributed by atoms with Gasteiger partial charge in [0.25, 0.3) is 0 Å². The van der Waals surface area contributed by atoms with Crippen molar-refractivity contribution >= 4 is 15.7 Å². The van der Waals surface area contributed by atoms with Crippen molar-refractivity contribution in [1.82, 2.24) is 5.32 Å². The third kappa shape index (κ3) is 3.45. The minimum atomic E-state index is -3.50. The molecule has 106 valence electrons. The number of halogens is 1. The first-order chi connectivity index (χ1) is 9.00. The second-order valence-corrected chi connectivity index (χ2v) is 6.89. The molecule has 1 heterocycles. The number of para-hydroxylation sites is 1. The highest BCUT2D eigenvalue weighted by Gasteiger charge is 2.26. The largest absolute Gasteiger partial charge is 0.313 e. The van der Waals surface area contributed by atoms with Crippen molar-refractivity contribution in [3.63, 3.8) is 0 Å². The van der Waals surface area contributed by atoms with Crippen molar-refractivity contribution in [3.05, 3.63) is 30.1 Å². The highest BCUT2D eigenvalue weighted by Crippen LogP contribution is 2.21. The molecule has 0 aromatic heterocycles. The molecule has 0 aliphatic carbocycles. The minimum absolute atomic E-state index is 0.0117. The third-order valence-corrected chi connectivity index (χ3v) is 5.29. The number of nitrogens with zero attached hydrogens (tertiary/aromatic N) is 1. The predicted molar refractivity (Wildman–Crippen MR) is 74.2 cm³/mol. The lowest BCUT2D eigenvalue weighted by Crippen LogP contribution is -2.43. The van der Waals surface area contributed by atoms with Gasteiger partial charge in [-0.3, -0.25) is 4.31 Å². The standard InChI is InChI=1S/C13H19FN2O2S/c1-16(13-8-3-2-7-12(13)14)19(17,18)10-11-6-4-5-9-15-11/h2-3,7-8,11,15H,4-6,9-10H2,1H3. The zero-order valence-corrected chi connectivity index (χ0v) is 11.8. The van der Waals surface area contributed by atoms with Gasteiger partial charge in [-0.05, 0) is 31.5 Å².